The van der Waals surface area contributed by atoms with Crippen molar-refractivity contribution in [3.05, 3.63) is 35.9 Å². The summed E-state index contributed by atoms with van der Waals surface area (Å²) in [6.07, 6.45) is 1.82. The highest BCUT2D eigenvalue weighted by atomic mass is 16.3. The van der Waals surface area contributed by atoms with E-state index >= 15 is 0 Å². The first-order valence-electron chi connectivity index (χ1n) is 5.24. The average molecular weight is 205 g/mol. The van der Waals surface area contributed by atoms with Gasteiger partial charge in [0.2, 0.25) is 5.91 Å². The Kier molecular flexibility index (Phi) is 2.73. The van der Waals surface area contributed by atoms with Crippen LogP contribution >= 0.6 is 0 Å². The number of hydrogen-bond acceptors (Lipinski definition) is 2. The van der Waals surface area contributed by atoms with Crippen LogP contribution in [0.25, 0.3) is 0 Å². The van der Waals surface area contributed by atoms with Gasteiger partial charge in [0.1, 0.15) is 0 Å². The monoisotopic (exact) mass is 205 g/mol. The maximum atomic E-state index is 11.9. The molecule has 3 nitrogen and oxygen atoms in total. The highest BCUT2D eigenvalue weighted by Crippen LogP contribution is 2.48. The standard InChI is InChI=1S/C12H15NO2/c14-9-8-13-11(15)12(6-7-12)10-4-2-1-3-5-10/h1-5,14H,6-9H2,(H,13,15). The highest BCUT2D eigenvalue weighted by molar-refractivity contribution is 5.91. The van der Waals surface area contributed by atoms with Crippen molar-refractivity contribution < 1.29 is 9.90 Å². The Morgan fingerprint density at radius 3 is 2.53 bits per heavy atom. The Morgan fingerprint density at radius 2 is 2.00 bits per heavy atom. The van der Waals surface area contributed by atoms with Crippen LogP contribution in [-0.2, 0) is 10.2 Å². The van der Waals surface area contributed by atoms with E-state index in [0.717, 1.165) is 18.4 Å². The van der Waals surface area contributed by atoms with Crippen LogP contribution in [0.5, 0.6) is 0 Å². The summed E-state index contributed by atoms with van der Waals surface area (Å²) in [5, 5.41) is 11.4. The molecular weight excluding hydrogens is 190 g/mol. The SMILES string of the molecule is O=C(NCCO)C1(c2ccccc2)CC1. The van der Waals surface area contributed by atoms with Crippen LogP contribution in [0, 0.1) is 0 Å². The first-order valence-corrected chi connectivity index (χ1v) is 5.24. The van der Waals surface area contributed by atoms with Crippen molar-refractivity contribution in [3.8, 4) is 0 Å². The highest BCUT2D eigenvalue weighted by Gasteiger charge is 2.50. The van der Waals surface area contributed by atoms with Gasteiger partial charge in [-0.05, 0) is 18.4 Å². The lowest BCUT2D eigenvalue weighted by Crippen LogP contribution is -2.36. The summed E-state index contributed by atoms with van der Waals surface area (Å²) < 4.78 is 0. The number of nitrogens with one attached hydrogen (secondary N) is 1. The fraction of sp³-hybridized carbons (Fsp3) is 0.417. The summed E-state index contributed by atoms with van der Waals surface area (Å²) >= 11 is 0. The third-order valence-electron chi connectivity index (χ3n) is 2.91. The van der Waals surface area contributed by atoms with Gasteiger partial charge in [-0.3, -0.25) is 4.79 Å². The topological polar surface area (TPSA) is 49.3 Å². The molecule has 3 heteroatoms. The lowest BCUT2D eigenvalue weighted by Gasteiger charge is -2.14. The molecule has 1 saturated carbocycles. The molecule has 80 valence electrons. The van der Waals surface area contributed by atoms with Gasteiger partial charge in [0.25, 0.3) is 0 Å². The van der Waals surface area contributed by atoms with Crippen molar-refractivity contribution in [2.45, 2.75) is 18.3 Å². The molecule has 1 aromatic carbocycles. The van der Waals surface area contributed by atoms with E-state index < -0.39 is 0 Å². The molecule has 0 spiro atoms. The molecule has 0 saturated heterocycles. The van der Waals surface area contributed by atoms with E-state index in [0.29, 0.717) is 6.54 Å². The first-order chi connectivity index (χ1) is 7.29. The number of aliphatic hydroxyl groups is 1. The summed E-state index contributed by atoms with van der Waals surface area (Å²) in [7, 11) is 0. The molecule has 1 aliphatic carbocycles. The van der Waals surface area contributed by atoms with E-state index in [1.807, 2.05) is 30.3 Å². The van der Waals surface area contributed by atoms with E-state index in [1.54, 1.807) is 0 Å². The van der Waals surface area contributed by atoms with Crippen LogP contribution in [0.4, 0.5) is 0 Å². The van der Waals surface area contributed by atoms with Crippen molar-refractivity contribution in [1.82, 2.24) is 5.32 Å². The van der Waals surface area contributed by atoms with Crippen molar-refractivity contribution in [2.75, 3.05) is 13.2 Å². The van der Waals surface area contributed by atoms with Gasteiger partial charge in [0, 0.05) is 6.54 Å². The van der Waals surface area contributed by atoms with Gasteiger partial charge in [-0.15, -0.1) is 0 Å². The number of aliphatic hydroxyl groups excluding tert-OH is 1. The van der Waals surface area contributed by atoms with Crippen LogP contribution in [0.15, 0.2) is 30.3 Å². The molecule has 0 aromatic heterocycles. The summed E-state index contributed by atoms with van der Waals surface area (Å²) in [6, 6.07) is 9.84. The normalized spacial score (nSPS) is 17.1. The van der Waals surface area contributed by atoms with Gasteiger partial charge in [-0.1, -0.05) is 30.3 Å². The number of carbonyl (C=O) groups excluding carboxylic acids is 1. The molecule has 1 aromatic rings. The molecular formula is C12H15NO2. The summed E-state index contributed by atoms with van der Waals surface area (Å²) in [5.74, 6) is 0.0442. The fourth-order valence-electron chi connectivity index (χ4n) is 1.87. The fourth-order valence-corrected chi connectivity index (χ4v) is 1.87. The van der Waals surface area contributed by atoms with Gasteiger partial charge < -0.3 is 10.4 Å². The van der Waals surface area contributed by atoms with E-state index in [2.05, 4.69) is 5.32 Å². The zero-order valence-electron chi connectivity index (χ0n) is 8.57. The van der Waals surface area contributed by atoms with Crippen molar-refractivity contribution in [2.24, 2.45) is 0 Å². The molecule has 0 heterocycles. The van der Waals surface area contributed by atoms with Gasteiger partial charge in [-0.2, -0.15) is 0 Å². The maximum absolute atomic E-state index is 11.9. The van der Waals surface area contributed by atoms with Crippen LogP contribution in [0.1, 0.15) is 18.4 Å². The van der Waals surface area contributed by atoms with E-state index in [-0.39, 0.29) is 17.9 Å². The molecule has 1 amide bonds. The zero-order valence-corrected chi connectivity index (χ0v) is 8.57. The molecule has 2 N–H and O–H groups in total. The number of rotatable bonds is 4. The largest absolute Gasteiger partial charge is 0.395 e. The Bertz CT molecular complexity index is 344. The number of benzene rings is 1. The van der Waals surface area contributed by atoms with E-state index in [9.17, 15) is 4.79 Å². The second kappa shape index (κ2) is 4.03. The zero-order chi connectivity index (χ0) is 10.7. The summed E-state index contributed by atoms with van der Waals surface area (Å²) in [5.41, 5.74) is 0.775. The third kappa shape index (κ3) is 1.88. The molecule has 1 fully saturated rings. The Balaban J connectivity index is 2.11. The average Bonchev–Trinajstić information content (AvgIpc) is 3.08. The molecule has 2 rings (SSSR count). The first kappa shape index (κ1) is 10.2. The predicted molar refractivity (Wildman–Crippen MR) is 57.4 cm³/mol. The maximum Gasteiger partial charge on any atom is 0.230 e. The minimum absolute atomic E-state index is 0.00336. The Hall–Kier alpha value is -1.35. The molecule has 0 unspecified atom stereocenters. The van der Waals surface area contributed by atoms with Crippen molar-refractivity contribution >= 4 is 5.91 Å². The second-order valence-electron chi connectivity index (χ2n) is 3.93. The predicted octanol–water partition coefficient (Wildman–Crippen LogP) is 0.827. The Labute approximate surface area is 89.1 Å². The van der Waals surface area contributed by atoms with Gasteiger partial charge in [0.15, 0.2) is 0 Å². The van der Waals surface area contributed by atoms with E-state index in [1.165, 1.54) is 0 Å². The molecule has 0 atom stereocenters. The summed E-state index contributed by atoms with van der Waals surface area (Å²) in [4.78, 5) is 11.9. The van der Waals surface area contributed by atoms with Crippen LogP contribution in [0.2, 0.25) is 0 Å². The number of hydrogen-bond donors (Lipinski definition) is 2. The lowest BCUT2D eigenvalue weighted by molar-refractivity contribution is -0.123. The summed E-state index contributed by atoms with van der Waals surface area (Å²) in [6.45, 7) is 0.337. The van der Waals surface area contributed by atoms with Gasteiger partial charge in [-0.25, -0.2) is 0 Å². The molecule has 15 heavy (non-hydrogen) atoms. The quantitative estimate of drug-likeness (QED) is 0.764. The van der Waals surface area contributed by atoms with Crippen molar-refractivity contribution in [3.63, 3.8) is 0 Å². The van der Waals surface area contributed by atoms with Crippen LogP contribution in [0.3, 0.4) is 0 Å². The molecule has 1 aliphatic rings. The Morgan fingerprint density at radius 1 is 1.33 bits per heavy atom. The lowest BCUT2D eigenvalue weighted by atomic mass is 9.95. The number of carbonyl (C=O) groups is 1. The van der Waals surface area contributed by atoms with E-state index in [4.69, 9.17) is 5.11 Å². The van der Waals surface area contributed by atoms with Crippen LogP contribution in [-0.4, -0.2) is 24.2 Å². The van der Waals surface area contributed by atoms with Gasteiger partial charge >= 0.3 is 0 Å². The third-order valence-corrected chi connectivity index (χ3v) is 2.91. The molecule has 0 radical (unpaired) electrons. The smallest absolute Gasteiger partial charge is 0.230 e. The van der Waals surface area contributed by atoms with Crippen LogP contribution < -0.4 is 5.32 Å². The second-order valence-corrected chi connectivity index (χ2v) is 3.93. The molecule has 0 aliphatic heterocycles. The number of amides is 1. The molecule has 0 bridgehead atoms. The van der Waals surface area contributed by atoms with Crippen molar-refractivity contribution in [1.29, 1.82) is 0 Å². The minimum atomic E-state index is -0.309. The minimum Gasteiger partial charge on any atom is -0.395 e. The van der Waals surface area contributed by atoms with Gasteiger partial charge in [0.05, 0.1) is 12.0 Å².